The SMILES string of the molecule is O=C(NC1CCCc2ccccc21)c1ncn[nH]1. The zero-order valence-electron chi connectivity index (χ0n) is 9.89. The maximum atomic E-state index is 11.9. The van der Waals surface area contributed by atoms with Crippen LogP contribution in [-0.4, -0.2) is 21.1 Å². The zero-order chi connectivity index (χ0) is 12.4. The molecule has 18 heavy (non-hydrogen) atoms. The molecule has 1 aromatic carbocycles. The van der Waals surface area contributed by atoms with Gasteiger partial charge in [-0.2, -0.15) is 5.10 Å². The van der Waals surface area contributed by atoms with Gasteiger partial charge < -0.3 is 5.32 Å². The van der Waals surface area contributed by atoms with Crippen molar-refractivity contribution in [1.82, 2.24) is 20.5 Å². The predicted octanol–water partition coefficient (Wildman–Crippen LogP) is 1.61. The minimum Gasteiger partial charge on any atom is -0.343 e. The van der Waals surface area contributed by atoms with Gasteiger partial charge in [-0.3, -0.25) is 9.89 Å². The highest BCUT2D eigenvalue weighted by molar-refractivity contribution is 5.90. The van der Waals surface area contributed by atoms with Gasteiger partial charge in [-0.05, 0) is 30.4 Å². The van der Waals surface area contributed by atoms with Crippen molar-refractivity contribution in [2.45, 2.75) is 25.3 Å². The van der Waals surface area contributed by atoms with Crippen molar-refractivity contribution in [3.8, 4) is 0 Å². The number of carbonyl (C=O) groups is 1. The van der Waals surface area contributed by atoms with E-state index in [1.165, 1.54) is 17.5 Å². The highest BCUT2D eigenvalue weighted by Gasteiger charge is 2.22. The van der Waals surface area contributed by atoms with Gasteiger partial charge in [-0.1, -0.05) is 24.3 Å². The van der Waals surface area contributed by atoms with Crippen molar-refractivity contribution in [3.63, 3.8) is 0 Å². The summed E-state index contributed by atoms with van der Waals surface area (Å²) in [4.78, 5) is 15.8. The molecule has 1 amide bonds. The molecule has 5 heteroatoms. The average molecular weight is 242 g/mol. The lowest BCUT2D eigenvalue weighted by Gasteiger charge is -2.25. The minimum atomic E-state index is -0.200. The molecule has 1 atom stereocenters. The van der Waals surface area contributed by atoms with Crippen LogP contribution in [0, 0.1) is 0 Å². The number of benzene rings is 1. The van der Waals surface area contributed by atoms with Crippen LogP contribution in [-0.2, 0) is 6.42 Å². The Morgan fingerprint density at radius 2 is 2.28 bits per heavy atom. The molecule has 1 heterocycles. The second-order valence-corrected chi connectivity index (χ2v) is 4.45. The Morgan fingerprint density at radius 1 is 1.39 bits per heavy atom. The standard InChI is InChI=1S/C13H14N4O/c18-13(12-14-8-15-17-12)16-11-7-3-5-9-4-1-2-6-10(9)11/h1-2,4,6,8,11H,3,5,7H2,(H,16,18)(H,14,15,17). The van der Waals surface area contributed by atoms with Gasteiger partial charge in [0.1, 0.15) is 6.33 Å². The van der Waals surface area contributed by atoms with Crippen LogP contribution in [0.2, 0.25) is 0 Å². The van der Waals surface area contributed by atoms with Crippen molar-refractivity contribution >= 4 is 5.91 Å². The van der Waals surface area contributed by atoms with E-state index >= 15 is 0 Å². The zero-order valence-corrected chi connectivity index (χ0v) is 9.89. The third-order valence-corrected chi connectivity index (χ3v) is 3.30. The summed E-state index contributed by atoms with van der Waals surface area (Å²) in [6.07, 6.45) is 4.49. The van der Waals surface area contributed by atoms with Gasteiger partial charge in [0, 0.05) is 0 Å². The van der Waals surface area contributed by atoms with E-state index in [0.717, 1.165) is 19.3 Å². The largest absolute Gasteiger partial charge is 0.343 e. The van der Waals surface area contributed by atoms with E-state index in [1.54, 1.807) is 0 Å². The molecular formula is C13H14N4O. The van der Waals surface area contributed by atoms with Crippen molar-refractivity contribution in [3.05, 3.63) is 47.5 Å². The maximum Gasteiger partial charge on any atom is 0.289 e. The van der Waals surface area contributed by atoms with Crippen molar-refractivity contribution < 1.29 is 4.79 Å². The second-order valence-electron chi connectivity index (χ2n) is 4.45. The lowest BCUT2D eigenvalue weighted by molar-refractivity contribution is 0.0922. The van der Waals surface area contributed by atoms with E-state index in [4.69, 9.17) is 0 Å². The van der Waals surface area contributed by atoms with Crippen LogP contribution >= 0.6 is 0 Å². The fourth-order valence-electron chi connectivity index (χ4n) is 2.45. The fourth-order valence-corrected chi connectivity index (χ4v) is 2.45. The molecule has 0 aliphatic heterocycles. The van der Waals surface area contributed by atoms with Crippen LogP contribution in [0.4, 0.5) is 0 Å². The first kappa shape index (κ1) is 11.0. The van der Waals surface area contributed by atoms with Crippen LogP contribution in [0.3, 0.4) is 0 Å². The van der Waals surface area contributed by atoms with Crippen LogP contribution in [0.25, 0.3) is 0 Å². The minimum absolute atomic E-state index is 0.0764. The number of carbonyl (C=O) groups excluding carboxylic acids is 1. The summed E-state index contributed by atoms with van der Waals surface area (Å²) < 4.78 is 0. The van der Waals surface area contributed by atoms with Gasteiger partial charge >= 0.3 is 0 Å². The van der Waals surface area contributed by atoms with Gasteiger partial charge in [-0.15, -0.1) is 0 Å². The maximum absolute atomic E-state index is 11.9. The molecule has 92 valence electrons. The molecule has 1 aliphatic rings. The Bertz CT molecular complexity index is 550. The molecule has 0 spiro atoms. The summed E-state index contributed by atoms with van der Waals surface area (Å²) >= 11 is 0. The molecule has 2 N–H and O–H groups in total. The molecular weight excluding hydrogens is 228 g/mol. The molecule has 2 aromatic rings. The molecule has 0 fully saturated rings. The molecule has 0 bridgehead atoms. The number of fused-ring (bicyclic) bond motifs is 1. The van der Waals surface area contributed by atoms with Crippen LogP contribution in [0.1, 0.15) is 40.6 Å². The fraction of sp³-hybridized carbons (Fsp3) is 0.308. The van der Waals surface area contributed by atoms with Gasteiger partial charge in [0.2, 0.25) is 5.82 Å². The third-order valence-electron chi connectivity index (χ3n) is 3.30. The molecule has 0 saturated carbocycles. The molecule has 1 aromatic heterocycles. The predicted molar refractivity (Wildman–Crippen MR) is 66.0 cm³/mol. The van der Waals surface area contributed by atoms with Crippen LogP contribution in [0.5, 0.6) is 0 Å². The second kappa shape index (κ2) is 4.60. The molecule has 1 unspecified atom stereocenters. The molecule has 0 saturated heterocycles. The van der Waals surface area contributed by atoms with Gasteiger partial charge in [0.15, 0.2) is 0 Å². The van der Waals surface area contributed by atoms with Crippen molar-refractivity contribution in [2.24, 2.45) is 0 Å². The molecule has 0 radical (unpaired) electrons. The number of hydrogen-bond acceptors (Lipinski definition) is 3. The third kappa shape index (κ3) is 1.99. The number of nitrogens with one attached hydrogen (secondary N) is 2. The molecule has 5 nitrogen and oxygen atoms in total. The smallest absolute Gasteiger partial charge is 0.289 e. The van der Waals surface area contributed by atoms with Gasteiger partial charge in [-0.25, -0.2) is 4.98 Å². The Balaban J connectivity index is 1.80. The highest BCUT2D eigenvalue weighted by Crippen LogP contribution is 2.29. The average Bonchev–Trinajstić information content (AvgIpc) is 2.93. The number of H-pyrrole nitrogens is 1. The number of nitrogens with zero attached hydrogens (tertiary/aromatic N) is 2. The number of aromatic amines is 1. The normalized spacial score (nSPS) is 18.1. The van der Waals surface area contributed by atoms with Gasteiger partial charge in [0.05, 0.1) is 6.04 Å². The molecule has 1 aliphatic carbocycles. The van der Waals surface area contributed by atoms with Crippen LogP contribution < -0.4 is 5.32 Å². The Hall–Kier alpha value is -2.17. The quantitative estimate of drug-likeness (QED) is 0.840. The summed E-state index contributed by atoms with van der Waals surface area (Å²) in [6.45, 7) is 0. The lowest BCUT2D eigenvalue weighted by Crippen LogP contribution is -2.31. The number of hydrogen-bond donors (Lipinski definition) is 2. The summed E-state index contributed by atoms with van der Waals surface area (Å²) in [7, 11) is 0. The van der Waals surface area contributed by atoms with Crippen molar-refractivity contribution in [2.75, 3.05) is 0 Å². The Labute approximate surface area is 105 Å². The first-order valence-corrected chi connectivity index (χ1v) is 6.08. The first-order chi connectivity index (χ1) is 8.84. The topological polar surface area (TPSA) is 70.7 Å². The summed E-state index contributed by atoms with van der Waals surface area (Å²) in [5.41, 5.74) is 2.54. The lowest BCUT2D eigenvalue weighted by atomic mass is 9.88. The molecule has 3 rings (SSSR count). The van der Waals surface area contributed by atoms with E-state index in [-0.39, 0.29) is 17.8 Å². The Kier molecular flexibility index (Phi) is 2.80. The van der Waals surface area contributed by atoms with E-state index in [0.29, 0.717) is 0 Å². The highest BCUT2D eigenvalue weighted by atomic mass is 16.2. The Morgan fingerprint density at radius 3 is 3.11 bits per heavy atom. The van der Waals surface area contributed by atoms with E-state index in [2.05, 4.69) is 32.6 Å². The summed E-state index contributed by atoms with van der Waals surface area (Å²) in [5, 5.41) is 9.27. The monoisotopic (exact) mass is 242 g/mol. The number of aryl methyl sites for hydroxylation is 1. The van der Waals surface area contributed by atoms with Crippen molar-refractivity contribution in [1.29, 1.82) is 0 Å². The van der Waals surface area contributed by atoms with Gasteiger partial charge in [0.25, 0.3) is 5.91 Å². The number of rotatable bonds is 2. The summed E-state index contributed by atoms with van der Waals surface area (Å²) in [6, 6.07) is 8.34. The van der Waals surface area contributed by atoms with E-state index < -0.39 is 0 Å². The number of amides is 1. The first-order valence-electron chi connectivity index (χ1n) is 6.08. The van der Waals surface area contributed by atoms with Crippen LogP contribution in [0.15, 0.2) is 30.6 Å². The van der Waals surface area contributed by atoms with E-state index in [1.807, 2.05) is 12.1 Å². The van der Waals surface area contributed by atoms with E-state index in [9.17, 15) is 4.79 Å². The summed E-state index contributed by atoms with van der Waals surface area (Å²) in [5.74, 6) is 0.0623. The number of aromatic nitrogens is 3.